The van der Waals surface area contributed by atoms with Crippen molar-refractivity contribution in [3.63, 3.8) is 0 Å². The maximum atomic E-state index is 12.8. The third-order valence-corrected chi connectivity index (χ3v) is 3.79. The van der Waals surface area contributed by atoms with E-state index in [1.807, 2.05) is 0 Å². The summed E-state index contributed by atoms with van der Waals surface area (Å²) in [7, 11) is 1.57. The van der Waals surface area contributed by atoms with Gasteiger partial charge in [-0.1, -0.05) is 0 Å². The number of amides is 1. The standard InChI is InChI=1S/C15H12FIN2O2S/c1-21-13-7-2-9(8-12(13)17)14(20)19-15(22)18-11-5-3-10(16)4-6-11/h2-8H,1H3,(H2,18,19,20,22). The molecule has 0 aliphatic carbocycles. The number of carbonyl (C=O) groups is 1. The van der Waals surface area contributed by atoms with Gasteiger partial charge in [0.2, 0.25) is 0 Å². The minimum atomic E-state index is -0.340. The fraction of sp³-hybridized carbons (Fsp3) is 0.0667. The Hall–Kier alpha value is -1.74. The summed E-state index contributed by atoms with van der Waals surface area (Å²) in [5.74, 6) is 0.0256. The summed E-state index contributed by atoms with van der Waals surface area (Å²) in [4.78, 5) is 12.1. The number of hydrogen-bond donors (Lipinski definition) is 2. The number of nitrogens with one attached hydrogen (secondary N) is 2. The molecule has 0 aliphatic heterocycles. The monoisotopic (exact) mass is 430 g/mol. The topological polar surface area (TPSA) is 50.4 Å². The first-order chi connectivity index (χ1) is 10.5. The van der Waals surface area contributed by atoms with Crippen LogP contribution in [0.5, 0.6) is 5.75 Å². The maximum Gasteiger partial charge on any atom is 0.257 e. The summed E-state index contributed by atoms with van der Waals surface area (Å²) in [5.41, 5.74) is 1.06. The van der Waals surface area contributed by atoms with Crippen LogP contribution in [-0.2, 0) is 0 Å². The Labute approximate surface area is 146 Å². The molecule has 0 saturated heterocycles. The smallest absolute Gasteiger partial charge is 0.257 e. The molecule has 114 valence electrons. The Kier molecular flexibility index (Phi) is 5.67. The SMILES string of the molecule is COc1ccc(C(=O)NC(=S)Nc2ccc(F)cc2)cc1I. The van der Waals surface area contributed by atoms with Crippen LogP contribution >= 0.6 is 34.8 Å². The fourth-order valence-corrected chi connectivity index (χ4v) is 2.62. The van der Waals surface area contributed by atoms with E-state index in [0.717, 1.165) is 3.57 Å². The number of carbonyl (C=O) groups excluding carboxylic acids is 1. The Morgan fingerprint density at radius 1 is 1.23 bits per heavy atom. The van der Waals surface area contributed by atoms with Crippen molar-refractivity contribution in [2.75, 3.05) is 12.4 Å². The maximum absolute atomic E-state index is 12.8. The van der Waals surface area contributed by atoms with E-state index in [2.05, 4.69) is 33.2 Å². The van der Waals surface area contributed by atoms with Gasteiger partial charge in [-0.2, -0.15) is 0 Å². The molecule has 2 rings (SSSR count). The van der Waals surface area contributed by atoms with Crippen LogP contribution in [-0.4, -0.2) is 18.1 Å². The Balaban J connectivity index is 2.00. The lowest BCUT2D eigenvalue weighted by Gasteiger charge is -2.10. The van der Waals surface area contributed by atoms with Gasteiger partial charge in [0.25, 0.3) is 5.91 Å². The van der Waals surface area contributed by atoms with E-state index in [1.54, 1.807) is 25.3 Å². The van der Waals surface area contributed by atoms with E-state index in [1.165, 1.54) is 24.3 Å². The Morgan fingerprint density at radius 2 is 1.91 bits per heavy atom. The van der Waals surface area contributed by atoms with Crippen LogP contribution in [0.2, 0.25) is 0 Å². The number of thiocarbonyl (C=S) groups is 1. The number of rotatable bonds is 3. The molecule has 2 aromatic carbocycles. The van der Waals surface area contributed by atoms with Crippen molar-refractivity contribution < 1.29 is 13.9 Å². The van der Waals surface area contributed by atoms with Crippen molar-refractivity contribution in [3.8, 4) is 5.75 Å². The van der Waals surface area contributed by atoms with Crippen LogP contribution in [0.4, 0.5) is 10.1 Å². The van der Waals surface area contributed by atoms with E-state index in [9.17, 15) is 9.18 Å². The number of anilines is 1. The first kappa shape index (κ1) is 16.6. The van der Waals surface area contributed by atoms with E-state index in [0.29, 0.717) is 17.0 Å². The predicted molar refractivity (Wildman–Crippen MR) is 95.8 cm³/mol. The second-order valence-corrected chi connectivity index (χ2v) is 5.83. The fourth-order valence-electron chi connectivity index (χ4n) is 1.68. The van der Waals surface area contributed by atoms with Crippen molar-refractivity contribution in [1.29, 1.82) is 0 Å². The second kappa shape index (κ2) is 7.50. The summed E-state index contributed by atoms with van der Waals surface area (Å²) in [5, 5.41) is 5.52. The number of ether oxygens (including phenoxy) is 1. The number of halogens is 2. The summed E-state index contributed by atoms with van der Waals surface area (Å²) in [6.45, 7) is 0. The highest BCUT2D eigenvalue weighted by Crippen LogP contribution is 2.21. The lowest BCUT2D eigenvalue weighted by Crippen LogP contribution is -2.34. The molecule has 0 spiro atoms. The van der Waals surface area contributed by atoms with Crippen LogP contribution in [0.3, 0.4) is 0 Å². The quantitative estimate of drug-likeness (QED) is 0.578. The third-order valence-electron chi connectivity index (χ3n) is 2.74. The van der Waals surface area contributed by atoms with Crippen molar-refractivity contribution in [2.24, 2.45) is 0 Å². The first-order valence-electron chi connectivity index (χ1n) is 6.21. The number of benzene rings is 2. The van der Waals surface area contributed by atoms with Gasteiger partial charge in [0.05, 0.1) is 10.7 Å². The molecule has 0 aromatic heterocycles. The number of hydrogen-bond acceptors (Lipinski definition) is 3. The number of methoxy groups -OCH3 is 1. The molecule has 0 fully saturated rings. The van der Waals surface area contributed by atoms with E-state index in [4.69, 9.17) is 17.0 Å². The van der Waals surface area contributed by atoms with Gasteiger partial charge in [-0.15, -0.1) is 0 Å². The molecule has 0 heterocycles. The van der Waals surface area contributed by atoms with Gasteiger partial charge < -0.3 is 10.1 Å². The van der Waals surface area contributed by atoms with E-state index < -0.39 is 0 Å². The van der Waals surface area contributed by atoms with Gasteiger partial charge in [-0.25, -0.2) is 4.39 Å². The molecule has 0 atom stereocenters. The van der Waals surface area contributed by atoms with E-state index in [-0.39, 0.29) is 16.8 Å². The molecule has 0 unspecified atom stereocenters. The van der Waals surface area contributed by atoms with Crippen LogP contribution in [0.25, 0.3) is 0 Å². The van der Waals surface area contributed by atoms with Gasteiger partial charge >= 0.3 is 0 Å². The zero-order valence-corrected chi connectivity index (χ0v) is 14.5. The minimum Gasteiger partial charge on any atom is -0.496 e. The molecule has 2 N–H and O–H groups in total. The molecular formula is C15H12FIN2O2S. The molecule has 0 bridgehead atoms. The van der Waals surface area contributed by atoms with Crippen LogP contribution in [0, 0.1) is 9.39 Å². The lowest BCUT2D eigenvalue weighted by atomic mass is 10.2. The summed E-state index contributed by atoms with van der Waals surface area (Å²) in [6.07, 6.45) is 0. The van der Waals surface area contributed by atoms with Crippen molar-refractivity contribution >= 4 is 51.5 Å². The van der Waals surface area contributed by atoms with Gasteiger partial charge in [0.15, 0.2) is 5.11 Å². The van der Waals surface area contributed by atoms with Gasteiger partial charge in [0, 0.05) is 11.3 Å². The van der Waals surface area contributed by atoms with Gasteiger partial charge in [-0.05, 0) is 77.3 Å². The molecule has 2 aromatic rings. The van der Waals surface area contributed by atoms with Crippen LogP contribution < -0.4 is 15.4 Å². The molecule has 0 saturated carbocycles. The average molecular weight is 430 g/mol. The largest absolute Gasteiger partial charge is 0.496 e. The van der Waals surface area contributed by atoms with Crippen molar-refractivity contribution in [1.82, 2.24) is 5.32 Å². The highest BCUT2D eigenvalue weighted by atomic mass is 127. The van der Waals surface area contributed by atoms with Crippen LogP contribution in [0.15, 0.2) is 42.5 Å². The highest BCUT2D eigenvalue weighted by molar-refractivity contribution is 14.1. The zero-order chi connectivity index (χ0) is 16.1. The van der Waals surface area contributed by atoms with Gasteiger partial charge in [0.1, 0.15) is 11.6 Å². The summed E-state index contributed by atoms with van der Waals surface area (Å²) < 4.78 is 18.8. The third kappa shape index (κ3) is 4.38. The molecule has 7 heteroatoms. The summed E-state index contributed by atoms with van der Waals surface area (Å²) in [6, 6.07) is 10.7. The van der Waals surface area contributed by atoms with Crippen LogP contribution in [0.1, 0.15) is 10.4 Å². The van der Waals surface area contributed by atoms with Crippen molar-refractivity contribution in [3.05, 3.63) is 57.4 Å². The van der Waals surface area contributed by atoms with Gasteiger partial charge in [-0.3, -0.25) is 10.1 Å². The zero-order valence-electron chi connectivity index (χ0n) is 11.5. The normalized spacial score (nSPS) is 9.95. The molecule has 0 radical (unpaired) electrons. The first-order valence-corrected chi connectivity index (χ1v) is 7.69. The van der Waals surface area contributed by atoms with E-state index >= 15 is 0 Å². The molecular weight excluding hydrogens is 418 g/mol. The Morgan fingerprint density at radius 3 is 2.50 bits per heavy atom. The molecule has 0 aliphatic rings. The minimum absolute atomic E-state index is 0.141. The molecule has 22 heavy (non-hydrogen) atoms. The Bertz CT molecular complexity index is 707. The predicted octanol–water partition coefficient (Wildman–Crippen LogP) is 3.57. The second-order valence-electron chi connectivity index (χ2n) is 4.26. The average Bonchev–Trinajstić information content (AvgIpc) is 2.49. The molecule has 1 amide bonds. The highest BCUT2D eigenvalue weighted by Gasteiger charge is 2.10. The molecule has 4 nitrogen and oxygen atoms in total. The van der Waals surface area contributed by atoms with Crippen molar-refractivity contribution in [2.45, 2.75) is 0 Å². The lowest BCUT2D eigenvalue weighted by molar-refractivity contribution is 0.0977. The summed E-state index contributed by atoms with van der Waals surface area (Å²) >= 11 is 7.15.